The summed E-state index contributed by atoms with van der Waals surface area (Å²) in [5.41, 5.74) is 0.166. The van der Waals surface area contributed by atoms with E-state index in [9.17, 15) is 4.79 Å². The van der Waals surface area contributed by atoms with Crippen LogP contribution < -0.4 is 5.32 Å². The number of anilines is 1. The summed E-state index contributed by atoms with van der Waals surface area (Å²) in [6, 6.07) is 0.395. The van der Waals surface area contributed by atoms with Gasteiger partial charge in [-0.3, -0.25) is 14.4 Å². The second kappa shape index (κ2) is 6.38. The third-order valence-electron chi connectivity index (χ3n) is 5.54. The molecule has 3 rings (SSSR count). The zero-order valence-electron chi connectivity index (χ0n) is 16.3. The molecule has 25 heavy (non-hydrogen) atoms. The Labute approximate surface area is 159 Å². The predicted molar refractivity (Wildman–Crippen MR) is 105 cm³/mol. The summed E-state index contributed by atoms with van der Waals surface area (Å²) in [6.45, 7) is 14.3. The Kier molecular flexibility index (Phi) is 4.82. The predicted octanol–water partition coefficient (Wildman–Crippen LogP) is 4.45. The molecule has 0 spiro atoms. The molecular formula is C19H31BrN4O. The van der Waals surface area contributed by atoms with E-state index in [1.165, 1.54) is 12.8 Å². The lowest BCUT2D eigenvalue weighted by Gasteiger charge is -2.36. The zero-order chi connectivity index (χ0) is 18.6. The molecule has 1 N–H and O–H groups in total. The number of amides is 1. The van der Waals surface area contributed by atoms with Gasteiger partial charge in [-0.25, -0.2) is 0 Å². The highest BCUT2D eigenvalue weighted by Crippen LogP contribution is 2.40. The van der Waals surface area contributed by atoms with Gasteiger partial charge in [-0.05, 0) is 67.3 Å². The van der Waals surface area contributed by atoms with E-state index >= 15 is 0 Å². The summed E-state index contributed by atoms with van der Waals surface area (Å²) in [6.07, 6.45) is 5.22. The molecular weight excluding hydrogens is 380 g/mol. The lowest BCUT2D eigenvalue weighted by molar-refractivity contribution is -0.122. The number of likely N-dealkylation sites (tertiary alicyclic amines) is 1. The Hall–Kier alpha value is -0.880. The number of aromatic nitrogens is 2. The zero-order valence-corrected chi connectivity index (χ0v) is 17.9. The van der Waals surface area contributed by atoms with Crippen molar-refractivity contribution >= 4 is 27.7 Å². The molecule has 2 atom stereocenters. The maximum atomic E-state index is 13.1. The lowest BCUT2D eigenvalue weighted by Crippen LogP contribution is -2.49. The van der Waals surface area contributed by atoms with Crippen molar-refractivity contribution in [3.8, 4) is 0 Å². The van der Waals surface area contributed by atoms with Crippen LogP contribution in [0.4, 0.5) is 5.82 Å². The molecule has 1 aliphatic carbocycles. The smallest absolute Gasteiger partial charge is 0.242 e. The van der Waals surface area contributed by atoms with Crippen molar-refractivity contribution in [2.45, 2.75) is 78.4 Å². The van der Waals surface area contributed by atoms with Crippen molar-refractivity contribution in [3.63, 3.8) is 0 Å². The second-order valence-electron chi connectivity index (χ2n) is 9.66. The van der Waals surface area contributed by atoms with E-state index in [0.717, 1.165) is 17.4 Å². The number of nitrogens with zero attached hydrogens (tertiary/aromatic N) is 3. The van der Waals surface area contributed by atoms with Crippen molar-refractivity contribution in [1.29, 1.82) is 0 Å². The Morgan fingerprint density at radius 1 is 1.24 bits per heavy atom. The van der Waals surface area contributed by atoms with Gasteiger partial charge in [0.1, 0.15) is 0 Å². The van der Waals surface area contributed by atoms with Crippen LogP contribution in [0.25, 0.3) is 0 Å². The van der Waals surface area contributed by atoms with Gasteiger partial charge in [-0.2, -0.15) is 5.10 Å². The van der Waals surface area contributed by atoms with Gasteiger partial charge in [0.2, 0.25) is 5.91 Å². The first kappa shape index (κ1) is 18.9. The van der Waals surface area contributed by atoms with Crippen LogP contribution in [0.2, 0.25) is 0 Å². The molecule has 1 saturated carbocycles. The fourth-order valence-electron chi connectivity index (χ4n) is 3.63. The van der Waals surface area contributed by atoms with E-state index in [1.807, 2.05) is 10.9 Å². The summed E-state index contributed by atoms with van der Waals surface area (Å²) < 4.78 is 2.83. The van der Waals surface area contributed by atoms with Crippen LogP contribution in [0.15, 0.2) is 10.7 Å². The molecule has 2 heterocycles. The molecule has 2 fully saturated rings. The third-order valence-corrected chi connectivity index (χ3v) is 6.12. The highest BCUT2D eigenvalue weighted by molar-refractivity contribution is 9.10. The minimum absolute atomic E-state index is 0.0351. The van der Waals surface area contributed by atoms with Crippen molar-refractivity contribution in [1.82, 2.24) is 14.7 Å². The number of carbonyl (C=O) groups excluding carboxylic acids is 1. The molecule has 1 aromatic rings. The SMILES string of the molecule is CC(C)(C)C1C[C@@H](C(=O)Nc2nn(C3CC3)cc2Br)N(C(C)(C)C)C1. The first-order valence-corrected chi connectivity index (χ1v) is 10.1. The largest absolute Gasteiger partial charge is 0.307 e. The minimum atomic E-state index is -0.109. The van der Waals surface area contributed by atoms with Crippen LogP contribution in [0, 0.1) is 11.3 Å². The van der Waals surface area contributed by atoms with E-state index in [2.05, 4.69) is 72.8 Å². The van der Waals surface area contributed by atoms with Crippen LogP contribution in [0.1, 0.15) is 66.8 Å². The molecule has 0 bridgehead atoms. The summed E-state index contributed by atoms with van der Waals surface area (Å²) in [7, 11) is 0. The molecule has 0 radical (unpaired) electrons. The number of rotatable bonds is 3. The van der Waals surface area contributed by atoms with Gasteiger partial charge in [0, 0.05) is 18.3 Å². The van der Waals surface area contributed by atoms with E-state index in [-0.39, 0.29) is 22.9 Å². The topological polar surface area (TPSA) is 50.2 Å². The first-order valence-electron chi connectivity index (χ1n) is 9.29. The molecule has 1 unspecified atom stereocenters. The molecule has 2 aliphatic rings. The molecule has 0 aromatic carbocycles. The standard InChI is InChI=1S/C19H31BrN4O/c1-18(2,3)12-9-15(23(10-12)19(4,5)6)17(25)21-16-14(20)11-24(22-16)13-7-8-13/h11-13,15H,7-10H2,1-6H3,(H,21,22,25)/t12?,15-/m0/s1. The lowest BCUT2D eigenvalue weighted by atomic mass is 9.79. The summed E-state index contributed by atoms with van der Waals surface area (Å²) in [4.78, 5) is 15.4. The molecule has 1 amide bonds. The summed E-state index contributed by atoms with van der Waals surface area (Å²) in [5, 5.41) is 7.63. The highest BCUT2D eigenvalue weighted by atomic mass is 79.9. The van der Waals surface area contributed by atoms with Gasteiger partial charge in [0.15, 0.2) is 5.82 Å². The molecule has 5 nitrogen and oxygen atoms in total. The maximum Gasteiger partial charge on any atom is 0.242 e. The van der Waals surface area contributed by atoms with Gasteiger partial charge in [0.25, 0.3) is 0 Å². The minimum Gasteiger partial charge on any atom is -0.307 e. The van der Waals surface area contributed by atoms with Crippen LogP contribution in [0.3, 0.4) is 0 Å². The third kappa shape index (κ3) is 4.11. The molecule has 1 saturated heterocycles. The van der Waals surface area contributed by atoms with E-state index in [4.69, 9.17) is 0 Å². The van der Waals surface area contributed by atoms with Crippen LogP contribution in [-0.2, 0) is 4.79 Å². The van der Waals surface area contributed by atoms with Gasteiger partial charge in [-0.15, -0.1) is 0 Å². The number of nitrogens with one attached hydrogen (secondary N) is 1. The van der Waals surface area contributed by atoms with Gasteiger partial charge < -0.3 is 5.32 Å². The number of carbonyl (C=O) groups is 1. The average Bonchev–Trinajstić information content (AvgIpc) is 3.08. The Morgan fingerprint density at radius 3 is 2.40 bits per heavy atom. The summed E-state index contributed by atoms with van der Waals surface area (Å²) >= 11 is 3.54. The monoisotopic (exact) mass is 410 g/mol. The number of halogens is 1. The van der Waals surface area contributed by atoms with E-state index < -0.39 is 0 Å². The quantitative estimate of drug-likeness (QED) is 0.799. The van der Waals surface area contributed by atoms with Gasteiger partial charge in [0.05, 0.1) is 16.6 Å². The molecule has 140 valence electrons. The average molecular weight is 411 g/mol. The van der Waals surface area contributed by atoms with Crippen molar-refractivity contribution in [2.24, 2.45) is 11.3 Å². The summed E-state index contributed by atoms with van der Waals surface area (Å²) in [5.74, 6) is 1.21. The molecule has 1 aliphatic heterocycles. The second-order valence-corrected chi connectivity index (χ2v) is 10.5. The van der Waals surface area contributed by atoms with Crippen molar-refractivity contribution in [2.75, 3.05) is 11.9 Å². The van der Waals surface area contributed by atoms with Gasteiger partial charge in [-0.1, -0.05) is 20.8 Å². The molecule has 6 heteroatoms. The van der Waals surface area contributed by atoms with Crippen LogP contribution >= 0.6 is 15.9 Å². The normalized spacial score (nSPS) is 25.4. The van der Waals surface area contributed by atoms with Crippen LogP contribution in [-0.4, -0.2) is 38.7 Å². The van der Waals surface area contributed by atoms with Crippen LogP contribution in [0.5, 0.6) is 0 Å². The van der Waals surface area contributed by atoms with Crippen molar-refractivity contribution < 1.29 is 4.79 Å². The Balaban J connectivity index is 1.76. The van der Waals surface area contributed by atoms with E-state index in [1.54, 1.807) is 0 Å². The number of hydrogen-bond donors (Lipinski definition) is 1. The van der Waals surface area contributed by atoms with Gasteiger partial charge >= 0.3 is 0 Å². The highest BCUT2D eigenvalue weighted by Gasteiger charge is 2.45. The fourth-order valence-corrected chi connectivity index (χ4v) is 4.02. The van der Waals surface area contributed by atoms with E-state index in [0.29, 0.717) is 17.8 Å². The Bertz CT molecular complexity index is 651. The first-order chi connectivity index (χ1) is 11.5. The number of hydrogen-bond acceptors (Lipinski definition) is 3. The molecule has 1 aromatic heterocycles. The fraction of sp³-hybridized carbons (Fsp3) is 0.789. The maximum absolute atomic E-state index is 13.1. The van der Waals surface area contributed by atoms with Crippen molar-refractivity contribution in [3.05, 3.63) is 10.7 Å². The Morgan fingerprint density at radius 2 is 1.88 bits per heavy atom.